The molecule has 0 saturated carbocycles. The molecule has 5 nitrogen and oxygen atoms in total. The third kappa shape index (κ3) is 2.95. The van der Waals surface area contributed by atoms with Gasteiger partial charge in [0.25, 0.3) is 5.56 Å². The smallest absolute Gasteiger partial charge is 0.251 e. The molecule has 0 spiro atoms. The minimum atomic E-state index is -0.131. The zero-order valence-electron chi connectivity index (χ0n) is 11.7. The largest absolute Gasteiger partial charge is 0.310 e. The number of aryl methyl sites for hydroxylation is 1. The average molecular weight is 298 g/mol. The van der Waals surface area contributed by atoms with E-state index in [0.29, 0.717) is 11.5 Å². The molecule has 0 saturated heterocycles. The molecule has 3 aromatic rings. The van der Waals surface area contributed by atoms with E-state index in [2.05, 4.69) is 20.2 Å². The second-order valence-electron chi connectivity index (χ2n) is 4.77. The van der Waals surface area contributed by atoms with Crippen molar-refractivity contribution in [2.75, 3.05) is 0 Å². The Hall–Kier alpha value is -2.21. The molecule has 0 unspecified atom stereocenters. The highest BCUT2D eigenvalue weighted by Crippen LogP contribution is 2.34. The Morgan fingerprint density at radius 3 is 2.90 bits per heavy atom. The van der Waals surface area contributed by atoms with Gasteiger partial charge in [0, 0.05) is 22.5 Å². The molecule has 1 N–H and O–H groups in total. The molecule has 0 aliphatic rings. The molecular weight excluding hydrogens is 284 g/mol. The summed E-state index contributed by atoms with van der Waals surface area (Å²) in [7, 11) is 0. The molecule has 2 aromatic heterocycles. The first kappa shape index (κ1) is 13.8. The van der Waals surface area contributed by atoms with Crippen LogP contribution in [0.3, 0.4) is 0 Å². The molecule has 0 radical (unpaired) electrons. The summed E-state index contributed by atoms with van der Waals surface area (Å²) < 4.78 is 0. The van der Waals surface area contributed by atoms with E-state index in [-0.39, 0.29) is 10.8 Å². The molecule has 21 heavy (non-hydrogen) atoms. The van der Waals surface area contributed by atoms with E-state index in [4.69, 9.17) is 0 Å². The highest BCUT2D eigenvalue weighted by Gasteiger charge is 2.14. The normalized spacial score (nSPS) is 12.5. The summed E-state index contributed by atoms with van der Waals surface area (Å²) >= 11 is 1.54. The van der Waals surface area contributed by atoms with Crippen molar-refractivity contribution < 1.29 is 0 Å². The van der Waals surface area contributed by atoms with E-state index >= 15 is 0 Å². The molecule has 0 amide bonds. The number of nitrogens with one attached hydrogen (secondary N) is 1. The summed E-state index contributed by atoms with van der Waals surface area (Å²) in [6, 6.07) is 9.46. The van der Waals surface area contributed by atoms with Gasteiger partial charge in [0.1, 0.15) is 10.9 Å². The zero-order valence-corrected chi connectivity index (χ0v) is 12.5. The first-order valence-corrected chi connectivity index (χ1v) is 7.46. The summed E-state index contributed by atoms with van der Waals surface area (Å²) in [4.78, 5) is 18.7. The lowest BCUT2D eigenvalue weighted by molar-refractivity contribution is 0.874. The van der Waals surface area contributed by atoms with Gasteiger partial charge in [0.2, 0.25) is 0 Å². The van der Waals surface area contributed by atoms with Crippen molar-refractivity contribution in [2.24, 2.45) is 0 Å². The number of rotatable bonds is 3. The maximum atomic E-state index is 11.5. The standard InChI is InChI=1S/C15H14N4OS/c1-9-7-13(20)18-14(17-9)10(2)21-15-12-6-4-3-5-11(12)8-16-19-15/h3-8,10H,1-2H3,(H,17,18,20)/t10-/m0/s1. The van der Waals surface area contributed by atoms with Gasteiger partial charge >= 0.3 is 0 Å². The molecule has 2 heterocycles. The number of aromatic nitrogens is 4. The average Bonchev–Trinajstić information content (AvgIpc) is 2.46. The van der Waals surface area contributed by atoms with Gasteiger partial charge < -0.3 is 4.98 Å². The van der Waals surface area contributed by atoms with Crippen molar-refractivity contribution in [3.05, 3.63) is 58.4 Å². The zero-order chi connectivity index (χ0) is 14.8. The number of hydrogen-bond donors (Lipinski definition) is 1. The fraction of sp³-hybridized carbons (Fsp3) is 0.200. The minimum Gasteiger partial charge on any atom is -0.310 e. The van der Waals surface area contributed by atoms with E-state index in [1.807, 2.05) is 38.1 Å². The second kappa shape index (κ2) is 5.65. The summed E-state index contributed by atoms with van der Waals surface area (Å²) in [5.74, 6) is 0.653. The number of fused-ring (bicyclic) bond motifs is 1. The molecule has 1 aromatic carbocycles. The van der Waals surface area contributed by atoms with E-state index in [9.17, 15) is 4.79 Å². The fourth-order valence-corrected chi connectivity index (χ4v) is 3.07. The van der Waals surface area contributed by atoms with Crippen LogP contribution in [0.1, 0.15) is 23.7 Å². The number of hydrogen-bond acceptors (Lipinski definition) is 5. The van der Waals surface area contributed by atoms with Gasteiger partial charge in [-0.15, -0.1) is 5.10 Å². The lowest BCUT2D eigenvalue weighted by Crippen LogP contribution is -2.12. The van der Waals surface area contributed by atoms with Gasteiger partial charge in [-0.3, -0.25) is 4.79 Å². The van der Waals surface area contributed by atoms with Crippen LogP contribution in [0.25, 0.3) is 10.8 Å². The first-order chi connectivity index (χ1) is 10.1. The second-order valence-corrected chi connectivity index (χ2v) is 6.10. The fourth-order valence-electron chi connectivity index (χ4n) is 2.11. The van der Waals surface area contributed by atoms with Crippen LogP contribution in [0.4, 0.5) is 0 Å². The predicted molar refractivity (Wildman–Crippen MR) is 83.4 cm³/mol. The van der Waals surface area contributed by atoms with E-state index in [1.54, 1.807) is 6.20 Å². The van der Waals surface area contributed by atoms with E-state index < -0.39 is 0 Å². The summed E-state index contributed by atoms with van der Waals surface area (Å²) in [5.41, 5.74) is 0.583. The van der Waals surface area contributed by atoms with Crippen LogP contribution in [-0.2, 0) is 0 Å². The maximum absolute atomic E-state index is 11.5. The molecule has 0 aliphatic heterocycles. The summed E-state index contributed by atoms with van der Waals surface area (Å²) in [6.07, 6.45) is 1.75. The van der Waals surface area contributed by atoms with Gasteiger partial charge in [-0.1, -0.05) is 36.0 Å². The Bertz CT molecular complexity index is 841. The third-order valence-corrected chi connectivity index (χ3v) is 4.20. The summed E-state index contributed by atoms with van der Waals surface area (Å²) in [5, 5.41) is 11.2. The van der Waals surface area contributed by atoms with Gasteiger partial charge in [-0.25, -0.2) is 4.98 Å². The molecule has 0 aliphatic carbocycles. The number of aromatic amines is 1. The maximum Gasteiger partial charge on any atom is 0.251 e. The Balaban J connectivity index is 1.96. The molecule has 0 fully saturated rings. The van der Waals surface area contributed by atoms with Crippen LogP contribution in [0.5, 0.6) is 0 Å². The number of benzene rings is 1. The molecule has 1 atom stereocenters. The molecule has 3 rings (SSSR count). The highest BCUT2D eigenvalue weighted by atomic mass is 32.2. The van der Waals surface area contributed by atoms with Crippen LogP contribution in [0.2, 0.25) is 0 Å². The third-order valence-electron chi connectivity index (χ3n) is 3.10. The van der Waals surface area contributed by atoms with Crippen molar-refractivity contribution in [1.29, 1.82) is 0 Å². The van der Waals surface area contributed by atoms with Crippen LogP contribution in [0, 0.1) is 6.92 Å². The van der Waals surface area contributed by atoms with Crippen molar-refractivity contribution in [3.63, 3.8) is 0 Å². The van der Waals surface area contributed by atoms with Gasteiger partial charge in [0.05, 0.1) is 11.4 Å². The SMILES string of the molecule is Cc1cc(=O)[nH]c([C@H](C)Sc2nncc3ccccc23)n1. The monoisotopic (exact) mass is 298 g/mol. The number of H-pyrrole nitrogens is 1. The van der Waals surface area contributed by atoms with Crippen molar-refractivity contribution >= 4 is 22.5 Å². The topological polar surface area (TPSA) is 71.5 Å². The minimum absolute atomic E-state index is 0.0160. The summed E-state index contributed by atoms with van der Waals surface area (Å²) in [6.45, 7) is 3.81. The molecule has 0 bridgehead atoms. The number of thioether (sulfide) groups is 1. The van der Waals surface area contributed by atoms with Crippen molar-refractivity contribution in [2.45, 2.75) is 24.1 Å². The molecule has 6 heteroatoms. The Morgan fingerprint density at radius 1 is 1.29 bits per heavy atom. The van der Waals surface area contributed by atoms with Gasteiger partial charge in [-0.05, 0) is 13.8 Å². The van der Waals surface area contributed by atoms with Crippen LogP contribution in [-0.4, -0.2) is 20.2 Å². The highest BCUT2D eigenvalue weighted by molar-refractivity contribution is 7.99. The van der Waals surface area contributed by atoms with E-state index in [1.165, 1.54) is 17.8 Å². The van der Waals surface area contributed by atoms with E-state index in [0.717, 1.165) is 15.8 Å². The van der Waals surface area contributed by atoms with Crippen molar-refractivity contribution in [3.8, 4) is 0 Å². The Kier molecular flexibility index (Phi) is 3.70. The predicted octanol–water partition coefficient (Wildman–Crippen LogP) is 2.87. The number of nitrogens with zero attached hydrogens (tertiary/aromatic N) is 3. The quantitative estimate of drug-likeness (QED) is 0.753. The van der Waals surface area contributed by atoms with Crippen LogP contribution < -0.4 is 5.56 Å². The Labute approximate surface area is 125 Å². The van der Waals surface area contributed by atoms with Gasteiger partial charge in [0.15, 0.2) is 0 Å². The van der Waals surface area contributed by atoms with Crippen LogP contribution in [0.15, 0.2) is 46.3 Å². The van der Waals surface area contributed by atoms with Crippen LogP contribution >= 0.6 is 11.8 Å². The van der Waals surface area contributed by atoms with Crippen molar-refractivity contribution in [1.82, 2.24) is 20.2 Å². The molecular formula is C15H14N4OS. The van der Waals surface area contributed by atoms with Gasteiger partial charge in [-0.2, -0.15) is 5.10 Å². The Morgan fingerprint density at radius 2 is 2.10 bits per heavy atom. The first-order valence-electron chi connectivity index (χ1n) is 6.58. The lowest BCUT2D eigenvalue weighted by atomic mass is 10.2. The molecule has 106 valence electrons. The lowest BCUT2D eigenvalue weighted by Gasteiger charge is -2.11.